The number of rotatable bonds is 7. The van der Waals surface area contributed by atoms with Gasteiger partial charge in [-0.05, 0) is 64.6 Å². The topological polar surface area (TPSA) is 122 Å². The summed E-state index contributed by atoms with van der Waals surface area (Å²) in [6.45, 7) is 6.35. The highest BCUT2D eigenvalue weighted by atomic mass is 16.5. The number of barbiturate groups is 1. The lowest BCUT2D eigenvalue weighted by Gasteiger charge is -2.27. The number of carboxylic acids is 1. The van der Waals surface area contributed by atoms with Crippen molar-refractivity contribution in [1.29, 1.82) is 0 Å². The van der Waals surface area contributed by atoms with Crippen molar-refractivity contribution in [3.63, 3.8) is 0 Å². The van der Waals surface area contributed by atoms with Gasteiger partial charge in [0, 0.05) is 0 Å². The zero-order chi connectivity index (χ0) is 28.3. The van der Waals surface area contributed by atoms with Gasteiger partial charge in [0.1, 0.15) is 12.2 Å². The van der Waals surface area contributed by atoms with Gasteiger partial charge < -0.3 is 14.6 Å². The zero-order valence-corrected chi connectivity index (χ0v) is 22.0. The molecule has 0 bridgehead atoms. The summed E-state index contributed by atoms with van der Waals surface area (Å²) in [5.41, 5.74) is 2.50. The van der Waals surface area contributed by atoms with Crippen LogP contribution in [0.1, 0.15) is 47.8 Å². The van der Waals surface area contributed by atoms with E-state index < -0.39 is 23.8 Å². The molecule has 0 unspecified atom stereocenters. The maximum atomic E-state index is 13.3. The Morgan fingerprint density at radius 3 is 2.21 bits per heavy atom. The number of carboxylic acid groups (broad SMARTS) is 1. The Morgan fingerprint density at radius 1 is 0.949 bits per heavy atom. The molecule has 0 aliphatic carbocycles. The Labute approximate surface area is 225 Å². The van der Waals surface area contributed by atoms with E-state index >= 15 is 0 Å². The molecule has 1 saturated heterocycles. The molecule has 3 aromatic rings. The summed E-state index contributed by atoms with van der Waals surface area (Å²) in [4.78, 5) is 50.4. The fourth-order valence-electron chi connectivity index (χ4n) is 3.97. The van der Waals surface area contributed by atoms with Gasteiger partial charge in [0.05, 0.1) is 18.4 Å². The average molecular weight is 529 g/mol. The number of carbonyl (C=O) groups is 4. The van der Waals surface area contributed by atoms with Gasteiger partial charge in [-0.1, -0.05) is 51.1 Å². The predicted octanol–water partition coefficient (Wildman–Crippen LogP) is 4.94. The van der Waals surface area contributed by atoms with Crippen LogP contribution in [0.4, 0.5) is 10.5 Å². The van der Waals surface area contributed by atoms with Crippen molar-refractivity contribution < 1.29 is 33.8 Å². The van der Waals surface area contributed by atoms with Gasteiger partial charge in [-0.3, -0.25) is 14.9 Å². The van der Waals surface area contributed by atoms with Crippen LogP contribution in [0.2, 0.25) is 0 Å². The van der Waals surface area contributed by atoms with Crippen LogP contribution in [0, 0.1) is 0 Å². The van der Waals surface area contributed by atoms with Crippen molar-refractivity contribution in [2.24, 2.45) is 0 Å². The summed E-state index contributed by atoms with van der Waals surface area (Å²) in [6, 6.07) is 17.4. The quantitative estimate of drug-likeness (QED) is 0.329. The van der Waals surface area contributed by atoms with Crippen molar-refractivity contribution in [2.45, 2.75) is 32.8 Å². The van der Waals surface area contributed by atoms with Crippen molar-refractivity contribution >= 4 is 35.6 Å². The van der Waals surface area contributed by atoms with Crippen LogP contribution in [0.5, 0.6) is 11.5 Å². The van der Waals surface area contributed by atoms with Crippen molar-refractivity contribution in [3.8, 4) is 11.5 Å². The van der Waals surface area contributed by atoms with Gasteiger partial charge in [-0.2, -0.15) is 0 Å². The summed E-state index contributed by atoms with van der Waals surface area (Å²) in [6.07, 6.45) is 1.39. The Balaban J connectivity index is 1.55. The number of hydrogen-bond acceptors (Lipinski definition) is 6. The lowest BCUT2D eigenvalue weighted by atomic mass is 9.87. The molecule has 9 heteroatoms. The predicted molar refractivity (Wildman–Crippen MR) is 145 cm³/mol. The molecule has 4 rings (SSSR count). The molecule has 9 nitrogen and oxygen atoms in total. The monoisotopic (exact) mass is 528 g/mol. The number of carbonyl (C=O) groups excluding carboxylic acids is 3. The molecule has 0 atom stereocenters. The molecular weight excluding hydrogens is 500 g/mol. The minimum atomic E-state index is -1.01. The molecule has 200 valence electrons. The smallest absolute Gasteiger partial charge is 0.335 e. The second-order valence-corrected chi connectivity index (χ2v) is 9.96. The van der Waals surface area contributed by atoms with Crippen LogP contribution in [-0.2, 0) is 21.6 Å². The molecule has 2 N–H and O–H groups in total. The number of nitrogens with zero attached hydrogens (tertiary/aromatic N) is 1. The maximum absolute atomic E-state index is 13.3. The van der Waals surface area contributed by atoms with Gasteiger partial charge in [0.25, 0.3) is 11.8 Å². The van der Waals surface area contributed by atoms with Gasteiger partial charge in [0.15, 0.2) is 11.5 Å². The van der Waals surface area contributed by atoms with E-state index in [0.29, 0.717) is 22.7 Å². The van der Waals surface area contributed by atoms with E-state index in [1.54, 1.807) is 42.5 Å². The first-order valence-electron chi connectivity index (χ1n) is 12.1. The van der Waals surface area contributed by atoms with Crippen LogP contribution < -0.4 is 19.7 Å². The molecule has 0 spiro atoms. The van der Waals surface area contributed by atoms with E-state index in [-0.39, 0.29) is 23.2 Å². The molecular formula is C30H28N2O7. The van der Waals surface area contributed by atoms with Crippen LogP contribution in [0.25, 0.3) is 6.08 Å². The second kappa shape index (κ2) is 10.8. The number of ether oxygens (including phenoxy) is 2. The molecule has 0 radical (unpaired) electrons. The van der Waals surface area contributed by atoms with E-state index in [9.17, 15) is 19.2 Å². The Bertz CT molecular complexity index is 1470. The Kier molecular flexibility index (Phi) is 7.53. The first-order chi connectivity index (χ1) is 18.5. The molecule has 0 saturated carbocycles. The van der Waals surface area contributed by atoms with Crippen molar-refractivity contribution in [1.82, 2.24) is 5.32 Å². The van der Waals surface area contributed by atoms with Crippen LogP contribution in [0.15, 0.2) is 72.3 Å². The lowest BCUT2D eigenvalue weighted by molar-refractivity contribution is -0.122. The van der Waals surface area contributed by atoms with Crippen LogP contribution in [-0.4, -0.2) is 36.0 Å². The highest BCUT2D eigenvalue weighted by Crippen LogP contribution is 2.31. The first-order valence-corrected chi connectivity index (χ1v) is 12.1. The van der Waals surface area contributed by atoms with Gasteiger partial charge >= 0.3 is 12.0 Å². The number of imide groups is 2. The fourth-order valence-corrected chi connectivity index (χ4v) is 3.97. The van der Waals surface area contributed by atoms with E-state index in [4.69, 9.17) is 14.6 Å². The molecule has 39 heavy (non-hydrogen) atoms. The molecule has 0 aromatic heterocycles. The number of urea groups is 1. The fraction of sp³-hybridized carbons (Fsp3) is 0.200. The lowest BCUT2D eigenvalue weighted by Crippen LogP contribution is -2.54. The number of nitrogens with one attached hydrogen (secondary N) is 1. The second-order valence-electron chi connectivity index (χ2n) is 9.96. The van der Waals surface area contributed by atoms with E-state index in [0.717, 1.165) is 16.0 Å². The number of amides is 4. The summed E-state index contributed by atoms with van der Waals surface area (Å²) in [5, 5.41) is 11.3. The number of hydrogen-bond donors (Lipinski definition) is 2. The molecule has 3 aromatic carbocycles. The third-order valence-corrected chi connectivity index (χ3v) is 6.19. The molecule has 1 aliphatic heterocycles. The highest BCUT2D eigenvalue weighted by molar-refractivity contribution is 6.39. The standard InChI is InChI=1S/C30H28N2O7/c1-30(2,3)21-10-12-22(13-11-21)32-27(34)23(26(33)31-29(32)37)15-19-7-14-24(25(16-19)38-4)39-17-18-5-8-20(9-6-18)28(35)36/h5-16H,17H2,1-4H3,(H,35,36)(H,31,33,37). The molecule has 1 aliphatic rings. The van der Waals surface area contributed by atoms with Gasteiger partial charge in [-0.25, -0.2) is 14.5 Å². The van der Waals surface area contributed by atoms with Gasteiger partial charge in [-0.15, -0.1) is 0 Å². The molecule has 1 fully saturated rings. The van der Waals surface area contributed by atoms with E-state index in [1.165, 1.54) is 25.3 Å². The van der Waals surface area contributed by atoms with E-state index in [2.05, 4.69) is 26.1 Å². The third kappa shape index (κ3) is 5.98. The average Bonchev–Trinajstić information content (AvgIpc) is 2.90. The Morgan fingerprint density at radius 2 is 1.62 bits per heavy atom. The number of aromatic carboxylic acids is 1. The van der Waals surface area contributed by atoms with Gasteiger partial charge in [0.2, 0.25) is 0 Å². The molecule has 4 amide bonds. The minimum Gasteiger partial charge on any atom is -0.493 e. The summed E-state index contributed by atoms with van der Waals surface area (Å²) < 4.78 is 11.3. The number of anilines is 1. The normalized spacial score (nSPS) is 14.8. The third-order valence-electron chi connectivity index (χ3n) is 6.19. The number of benzene rings is 3. The minimum absolute atomic E-state index is 0.104. The summed E-state index contributed by atoms with van der Waals surface area (Å²) >= 11 is 0. The SMILES string of the molecule is COc1cc(C=C2C(=O)NC(=O)N(c3ccc(C(C)(C)C)cc3)C2=O)ccc1OCc1ccc(C(=O)O)cc1. The van der Waals surface area contributed by atoms with Crippen LogP contribution in [0.3, 0.4) is 0 Å². The first kappa shape index (κ1) is 27.1. The molecule has 1 heterocycles. The summed E-state index contributed by atoms with van der Waals surface area (Å²) in [5.74, 6) is -1.77. The zero-order valence-electron chi connectivity index (χ0n) is 22.0. The largest absolute Gasteiger partial charge is 0.493 e. The van der Waals surface area contributed by atoms with Crippen molar-refractivity contribution in [2.75, 3.05) is 12.0 Å². The van der Waals surface area contributed by atoms with Crippen molar-refractivity contribution in [3.05, 3.63) is 94.6 Å². The number of methoxy groups -OCH3 is 1. The Hall–Kier alpha value is -4.92. The van der Waals surface area contributed by atoms with E-state index in [1.807, 2.05) is 12.1 Å². The van der Waals surface area contributed by atoms with Crippen LogP contribution >= 0.6 is 0 Å². The summed E-state index contributed by atoms with van der Waals surface area (Å²) in [7, 11) is 1.46. The maximum Gasteiger partial charge on any atom is 0.335 e. The highest BCUT2D eigenvalue weighted by Gasteiger charge is 2.37.